The van der Waals surface area contributed by atoms with Crippen LogP contribution in [0.15, 0.2) is 237 Å². The van der Waals surface area contributed by atoms with E-state index in [0.29, 0.717) is 0 Å². The Morgan fingerprint density at radius 2 is 0.783 bits per heavy atom. The lowest BCUT2D eigenvalue weighted by Crippen LogP contribution is -2.10. The summed E-state index contributed by atoms with van der Waals surface area (Å²) in [5.41, 5.74) is 15.4. The van der Waals surface area contributed by atoms with Gasteiger partial charge in [-0.25, -0.2) is 0 Å². The molecular formula is C58H39NS. The van der Waals surface area contributed by atoms with Crippen molar-refractivity contribution < 1.29 is 0 Å². The molecule has 0 saturated heterocycles. The maximum absolute atomic E-state index is 2.38. The zero-order valence-electron chi connectivity index (χ0n) is 32.9. The van der Waals surface area contributed by atoms with E-state index in [4.69, 9.17) is 0 Å². The van der Waals surface area contributed by atoms with Gasteiger partial charge >= 0.3 is 0 Å². The van der Waals surface area contributed by atoms with Gasteiger partial charge in [0.25, 0.3) is 0 Å². The number of nitrogens with zero attached hydrogens (tertiary/aromatic N) is 1. The van der Waals surface area contributed by atoms with Crippen molar-refractivity contribution in [1.29, 1.82) is 0 Å². The summed E-state index contributed by atoms with van der Waals surface area (Å²) in [7, 11) is 0. The average Bonchev–Trinajstić information content (AvgIpc) is 3.70. The number of hydrogen-bond donors (Lipinski definition) is 0. The van der Waals surface area contributed by atoms with Crippen LogP contribution in [-0.4, -0.2) is 0 Å². The molecule has 0 amide bonds. The van der Waals surface area contributed by atoms with E-state index in [1.807, 2.05) is 11.3 Å². The van der Waals surface area contributed by atoms with Crippen LogP contribution in [0.2, 0.25) is 0 Å². The number of thiophene rings is 1. The van der Waals surface area contributed by atoms with Gasteiger partial charge in [0.2, 0.25) is 0 Å². The van der Waals surface area contributed by atoms with Crippen LogP contribution in [0.25, 0.3) is 86.6 Å². The molecule has 0 atom stereocenters. The molecule has 11 rings (SSSR count). The summed E-state index contributed by atoms with van der Waals surface area (Å²) in [5, 5.41) is 5.13. The van der Waals surface area contributed by atoms with Crippen molar-refractivity contribution in [2.45, 2.75) is 0 Å². The van der Waals surface area contributed by atoms with Crippen LogP contribution >= 0.6 is 11.3 Å². The van der Waals surface area contributed by atoms with Crippen molar-refractivity contribution in [2.75, 3.05) is 4.90 Å². The van der Waals surface area contributed by atoms with E-state index in [1.165, 1.54) is 86.6 Å². The van der Waals surface area contributed by atoms with E-state index in [9.17, 15) is 0 Å². The lowest BCUT2D eigenvalue weighted by atomic mass is 9.90. The normalized spacial score (nSPS) is 11.3. The Hall–Kier alpha value is -7.52. The third-order valence-electron chi connectivity index (χ3n) is 11.7. The highest BCUT2D eigenvalue weighted by Gasteiger charge is 2.17. The fourth-order valence-corrected chi connectivity index (χ4v) is 9.78. The van der Waals surface area contributed by atoms with Crippen molar-refractivity contribution >= 4 is 59.3 Å². The molecule has 0 saturated carbocycles. The summed E-state index contributed by atoms with van der Waals surface area (Å²) >= 11 is 1.86. The smallest absolute Gasteiger partial charge is 0.0467 e. The summed E-state index contributed by atoms with van der Waals surface area (Å²) in [5.74, 6) is 0. The molecule has 0 aliphatic carbocycles. The molecule has 0 bridgehead atoms. The summed E-state index contributed by atoms with van der Waals surface area (Å²) in [6.45, 7) is 0. The number of hydrogen-bond acceptors (Lipinski definition) is 2. The molecule has 2 heteroatoms. The topological polar surface area (TPSA) is 3.24 Å². The van der Waals surface area contributed by atoms with Gasteiger partial charge in [0.15, 0.2) is 0 Å². The Kier molecular flexibility index (Phi) is 9.11. The van der Waals surface area contributed by atoms with E-state index < -0.39 is 0 Å². The highest BCUT2D eigenvalue weighted by Crippen LogP contribution is 2.42. The maximum atomic E-state index is 2.38. The second kappa shape index (κ2) is 15.3. The quantitative estimate of drug-likeness (QED) is 0.148. The van der Waals surface area contributed by atoms with E-state index in [2.05, 4.69) is 241 Å². The first-order chi connectivity index (χ1) is 29.7. The minimum atomic E-state index is 1.10. The fraction of sp³-hybridized carbons (Fsp3) is 0. The van der Waals surface area contributed by atoms with Gasteiger partial charge in [0.1, 0.15) is 0 Å². The first-order valence-electron chi connectivity index (χ1n) is 20.5. The van der Waals surface area contributed by atoms with Gasteiger partial charge in [0, 0.05) is 37.2 Å². The molecule has 0 radical (unpaired) electrons. The molecule has 1 heterocycles. The maximum Gasteiger partial charge on any atom is 0.0467 e. The molecule has 10 aromatic carbocycles. The minimum absolute atomic E-state index is 1.10. The lowest BCUT2D eigenvalue weighted by molar-refractivity contribution is 1.28. The average molecular weight is 782 g/mol. The van der Waals surface area contributed by atoms with Crippen molar-refractivity contribution in [3.63, 3.8) is 0 Å². The molecule has 282 valence electrons. The minimum Gasteiger partial charge on any atom is -0.310 e. The number of rotatable bonds is 8. The van der Waals surface area contributed by atoms with Crippen molar-refractivity contribution in [3.05, 3.63) is 237 Å². The Morgan fingerprint density at radius 1 is 0.250 bits per heavy atom. The van der Waals surface area contributed by atoms with Crippen LogP contribution in [0, 0.1) is 0 Å². The molecule has 0 aliphatic heterocycles. The van der Waals surface area contributed by atoms with Crippen LogP contribution in [0.1, 0.15) is 0 Å². The third-order valence-corrected chi connectivity index (χ3v) is 12.8. The van der Waals surface area contributed by atoms with Crippen molar-refractivity contribution in [3.8, 4) is 55.6 Å². The SMILES string of the molecule is c1ccc(-c2cccc(N(c3ccc(-c4ccc(-c5ccccc5)c(-c5ccc6sc7ccccc7c6c5)c4)cc3)c3ccc(-c4cccc5ccccc45)cc3)c2)cc1. The second-order valence-electron chi connectivity index (χ2n) is 15.3. The zero-order chi connectivity index (χ0) is 39.8. The van der Waals surface area contributed by atoms with E-state index in [1.54, 1.807) is 0 Å². The van der Waals surface area contributed by atoms with Crippen LogP contribution in [0.5, 0.6) is 0 Å². The van der Waals surface area contributed by atoms with Gasteiger partial charge in [-0.3, -0.25) is 0 Å². The molecule has 0 unspecified atom stereocenters. The van der Waals surface area contributed by atoms with Gasteiger partial charge in [-0.15, -0.1) is 11.3 Å². The lowest BCUT2D eigenvalue weighted by Gasteiger charge is -2.26. The summed E-state index contributed by atoms with van der Waals surface area (Å²) in [6, 6.07) is 86.1. The van der Waals surface area contributed by atoms with Crippen LogP contribution in [-0.2, 0) is 0 Å². The largest absolute Gasteiger partial charge is 0.310 e. The second-order valence-corrected chi connectivity index (χ2v) is 16.4. The molecule has 11 aromatic rings. The summed E-state index contributed by atoms with van der Waals surface area (Å²) in [6.07, 6.45) is 0. The van der Waals surface area contributed by atoms with E-state index >= 15 is 0 Å². The van der Waals surface area contributed by atoms with Crippen LogP contribution < -0.4 is 4.90 Å². The molecule has 60 heavy (non-hydrogen) atoms. The molecule has 1 aromatic heterocycles. The third kappa shape index (κ3) is 6.63. The monoisotopic (exact) mass is 781 g/mol. The fourth-order valence-electron chi connectivity index (χ4n) is 8.70. The van der Waals surface area contributed by atoms with E-state index in [0.717, 1.165) is 17.1 Å². The van der Waals surface area contributed by atoms with Gasteiger partial charge in [-0.1, -0.05) is 176 Å². The van der Waals surface area contributed by atoms with Gasteiger partial charge < -0.3 is 4.90 Å². The molecule has 0 spiro atoms. The summed E-state index contributed by atoms with van der Waals surface area (Å²) in [4.78, 5) is 2.37. The van der Waals surface area contributed by atoms with Gasteiger partial charge in [0.05, 0.1) is 0 Å². The Labute approximate surface area is 354 Å². The van der Waals surface area contributed by atoms with E-state index in [-0.39, 0.29) is 0 Å². The highest BCUT2D eigenvalue weighted by molar-refractivity contribution is 7.25. The Balaban J connectivity index is 1.00. The number of benzene rings is 10. The van der Waals surface area contributed by atoms with Gasteiger partial charge in [-0.05, 0) is 127 Å². The van der Waals surface area contributed by atoms with Crippen LogP contribution in [0.3, 0.4) is 0 Å². The van der Waals surface area contributed by atoms with Crippen molar-refractivity contribution in [2.24, 2.45) is 0 Å². The first kappa shape index (κ1) is 35.6. The molecule has 0 N–H and O–H groups in total. The standard InChI is InChI=1S/C58H39NS/c1-3-13-40(14-4-1)45-19-11-20-50(37-45)59(49-33-27-44(28-34-49)52-23-12-18-43-17-7-8-21-51(43)52)48-31-25-41(26-32-48)46-29-35-53(42-15-5-2-6-16-42)55(38-46)47-30-36-58-56(39-47)54-22-9-10-24-57(54)60-58/h1-39H. The highest BCUT2D eigenvalue weighted by atomic mass is 32.1. The van der Waals surface area contributed by atoms with Crippen molar-refractivity contribution in [1.82, 2.24) is 0 Å². The van der Waals surface area contributed by atoms with Gasteiger partial charge in [-0.2, -0.15) is 0 Å². The van der Waals surface area contributed by atoms with Crippen LogP contribution in [0.4, 0.5) is 17.1 Å². The predicted octanol–water partition coefficient (Wildman–Crippen LogP) is 17.0. The molecule has 1 nitrogen and oxygen atoms in total. The Bertz CT molecular complexity index is 3290. The predicted molar refractivity (Wildman–Crippen MR) is 259 cm³/mol. The number of fused-ring (bicyclic) bond motifs is 4. The Morgan fingerprint density at radius 3 is 1.57 bits per heavy atom. The molecular weight excluding hydrogens is 743 g/mol. The molecule has 0 fully saturated rings. The zero-order valence-corrected chi connectivity index (χ0v) is 33.7. The summed E-state index contributed by atoms with van der Waals surface area (Å²) < 4.78 is 2.64. The number of anilines is 3. The molecule has 0 aliphatic rings. The first-order valence-corrected chi connectivity index (χ1v) is 21.3.